The molecule has 4 rings (SSSR count). The van der Waals surface area contributed by atoms with Crippen LogP contribution >= 0.6 is 0 Å². The zero-order valence-electron chi connectivity index (χ0n) is 12.2. The van der Waals surface area contributed by atoms with Crippen molar-refractivity contribution in [1.29, 1.82) is 0 Å². The first kappa shape index (κ1) is 15.2. The zero-order valence-corrected chi connectivity index (χ0v) is 12.2. The number of aromatic amines is 2. The van der Waals surface area contributed by atoms with E-state index in [1.807, 2.05) is 0 Å². The summed E-state index contributed by atoms with van der Waals surface area (Å²) in [6, 6.07) is 1.15. The first-order valence-electron chi connectivity index (χ1n) is 6.91. The predicted octanol–water partition coefficient (Wildman–Crippen LogP) is 2.78. The van der Waals surface area contributed by atoms with Crippen molar-refractivity contribution < 1.29 is 17.6 Å². The number of imidazole rings is 2. The van der Waals surface area contributed by atoms with Gasteiger partial charge in [0.05, 0.1) is 18.2 Å². The van der Waals surface area contributed by atoms with Gasteiger partial charge >= 0.3 is 0 Å². The molecule has 4 heterocycles. The lowest BCUT2D eigenvalue weighted by Gasteiger charge is -2.02. The van der Waals surface area contributed by atoms with Gasteiger partial charge in [-0.05, 0) is 6.07 Å². The van der Waals surface area contributed by atoms with Crippen LogP contribution in [-0.2, 0) is 0 Å². The van der Waals surface area contributed by atoms with E-state index in [-0.39, 0.29) is 17.3 Å². The standard InChI is InChI=1S/C13H8F4N8/c14-9(15)5-1-2-25-8(6-3-18-4-19-6)7(21-13(25)20-5)11-22-12(10(16)17)24-23-11/h1-4,9-10H,(H,18,19)(H,22,23,24). The lowest BCUT2D eigenvalue weighted by molar-refractivity contribution is 0.141. The summed E-state index contributed by atoms with van der Waals surface area (Å²) in [5, 5.41) is 5.81. The molecule has 4 aromatic rings. The highest BCUT2D eigenvalue weighted by atomic mass is 19.3. The quantitative estimate of drug-likeness (QED) is 0.550. The Morgan fingerprint density at radius 2 is 1.88 bits per heavy atom. The van der Waals surface area contributed by atoms with E-state index in [1.54, 1.807) is 0 Å². The monoisotopic (exact) mass is 352 g/mol. The Labute approximate surface area is 136 Å². The summed E-state index contributed by atoms with van der Waals surface area (Å²) in [5.41, 5.74) is 0.524. The first-order chi connectivity index (χ1) is 12.0. The summed E-state index contributed by atoms with van der Waals surface area (Å²) in [6.45, 7) is 0. The second-order valence-electron chi connectivity index (χ2n) is 4.94. The maximum Gasteiger partial charge on any atom is 0.299 e. The third-order valence-electron chi connectivity index (χ3n) is 3.42. The maximum atomic E-state index is 12.9. The molecule has 0 bridgehead atoms. The van der Waals surface area contributed by atoms with Crippen LogP contribution in [-0.4, -0.2) is 39.5 Å². The van der Waals surface area contributed by atoms with Gasteiger partial charge in [0, 0.05) is 6.20 Å². The van der Waals surface area contributed by atoms with Crippen molar-refractivity contribution in [3.8, 4) is 22.9 Å². The van der Waals surface area contributed by atoms with Crippen LogP contribution in [0.15, 0.2) is 24.8 Å². The van der Waals surface area contributed by atoms with Crippen LogP contribution in [0.2, 0.25) is 0 Å². The van der Waals surface area contributed by atoms with E-state index in [9.17, 15) is 17.6 Å². The number of halogens is 4. The molecular formula is C13H8F4N8. The SMILES string of the molecule is FC(F)c1ccn2c(-c3cnc[nH]3)c(-c3nc(C(F)F)n[nH]3)nc2n1. The molecule has 0 atom stereocenters. The van der Waals surface area contributed by atoms with Crippen molar-refractivity contribution in [2.45, 2.75) is 12.9 Å². The Bertz CT molecular complexity index is 1020. The number of hydrogen-bond acceptors (Lipinski definition) is 5. The fourth-order valence-electron chi connectivity index (χ4n) is 2.35. The molecule has 2 N–H and O–H groups in total. The molecule has 0 saturated carbocycles. The zero-order chi connectivity index (χ0) is 17.6. The van der Waals surface area contributed by atoms with E-state index in [0.29, 0.717) is 11.4 Å². The number of rotatable bonds is 4. The summed E-state index contributed by atoms with van der Waals surface area (Å²) in [5.74, 6) is -0.764. The van der Waals surface area contributed by atoms with Gasteiger partial charge in [-0.25, -0.2) is 37.5 Å². The molecule has 0 spiro atoms. The fourth-order valence-corrected chi connectivity index (χ4v) is 2.35. The van der Waals surface area contributed by atoms with Crippen molar-refractivity contribution in [2.75, 3.05) is 0 Å². The van der Waals surface area contributed by atoms with Crippen molar-refractivity contribution in [1.82, 2.24) is 39.5 Å². The van der Waals surface area contributed by atoms with E-state index in [4.69, 9.17) is 0 Å². The third-order valence-corrected chi connectivity index (χ3v) is 3.42. The lowest BCUT2D eigenvalue weighted by Crippen LogP contribution is -1.96. The molecule has 0 aliphatic carbocycles. The number of nitrogens with one attached hydrogen (secondary N) is 2. The minimum absolute atomic E-state index is 0.0348. The highest BCUT2D eigenvalue weighted by molar-refractivity contribution is 5.76. The number of hydrogen-bond donors (Lipinski definition) is 2. The van der Waals surface area contributed by atoms with E-state index < -0.39 is 24.4 Å². The molecule has 0 amide bonds. The predicted molar refractivity (Wildman–Crippen MR) is 75.9 cm³/mol. The fraction of sp³-hybridized carbons (Fsp3) is 0.154. The van der Waals surface area contributed by atoms with Crippen LogP contribution in [0.25, 0.3) is 28.7 Å². The minimum Gasteiger partial charge on any atom is -0.343 e. The van der Waals surface area contributed by atoms with Crippen LogP contribution in [0.4, 0.5) is 17.6 Å². The van der Waals surface area contributed by atoms with Crippen LogP contribution in [0.1, 0.15) is 24.4 Å². The average Bonchev–Trinajstić information content (AvgIpc) is 3.31. The van der Waals surface area contributed by atoms with Crippen LogP contribution in [0.3, 0.4) is 0 Å². The van der Waals surface area contributed by atoms with Gasteiger partial charge in [0.1, 0.15) is 17.1 Å². The van der Waals surface area contributed by atoms with Crippen molar-refractivity contribution >= 4 is 5.78 Å². The van der Waals surface area contributed by atoms with E-state index in [0.717, 1.165) is 6.07 Å². The summed E-state index contributed by atoms with van der Waals surface area (Å²) in [4.78, 5) is 18.4. The third kappa shape index (κ3) is 2.51. The van der Waals surface area contributed by atoms with E-state index in [1.165, 1.54) is 23.1 Å². The smallest absolute Gasteiger partial charge is 0.299 e. The molecular weight excluding hydrogens is 344 g/mol. The number of aromatic nitrogens is 8. The van der Waals surface area contributed by atoms with E-state index >= 15 is 0 Å². The Kier molecular flexibility index (Phi) is 3.44. The second-order valence-corrected chi connectivity index (χ2v) is 4.94. The second kappa shape index (κ2) is 5.65. The van der Waals surface area contributed by atoms with Gasteiger partial charge in [-0.1, -0.05) is 0 Å². The Hall–Kier alpha value is -3.31. The van der Waals surface area contributed by atoms with Crippen LogP contribution in [0, 0.1) is 0 Å². The van der Waals surface area contributed by atoms with Crippen molar-refractivity contribution in [2.24, 2.45) is 0 Å². The highest BCUT2D eigenvalue weighted by Gasteiger charge is 2.23. The minimum atomic E-state index is -2.86. The van der Waals surface area contributed by atoms with Gasteiger partial charge in [-0.3, -0.25) is 9.50 Å². The largest absolute Gasteiger partial charge is 0.343 e. The Morgan fingerprint density at radius 1 is 1.04 bits per heavy atom. The maximum absolute atomic E-state index is 12.9. The topological polar surface area (TPSA) is 100 Å². The van der Waals surface area contributed by atoms with Gasteiger partial charge in [-0.2, -0.15) is 5.10 Å². The summed E-state index contributed by atoms with van der Waals surface area (Å²) < 4.78 is 52.6. The summed E-state index contributed by atoms with van der Waals surface area (Å²) in [6.07, 6.45) is -1.39. The molecule has 128 valence electrons. The first-order valence-corrected chi connectivity index (χ1v) is 6.91. The van der Waals surface area contributed by atoms with Crippen LogP contribution in [0.5, 0.6) is 0 Å². The molecule has 0 radical (unpaired) electrons. The molecule has 0 aromatic carbocycles. The number of alkyl halides is 4. The molecule has 0 unspecified atom stereocenters. The molecule has 0 saturated heterocycles. The van der Waals surface area contributed by atoms with E-state index in [2.05, 4.69) is 35.1 Å². The average molecular weight is 352 g/mol. The van der Waals surface area contributed by atoms with Crippen LogP contribution < -0.4 is 0 Å². The van der Waals surface area contributed by atoms with Crippen molar-refractivity contribution in [3.05, 3.63) is 36.3 Å². The van der Waals surface area contributed by atoms with Gasteiger partial charge in [0.25, 0.3) is 12.9 Å². The lowest BCUT2D eigenvalue weighted by atomic mass is 10.2. The molecule has 8 nitrogen and oxygen atoms in total. The Balaban J connectivity index is 1.96. The van der Waals surface area contributed by atoms with Gasteiger partial charge in [0.2, 0.25) is 11.6 Å². The molecule has 0 aliphatic heterocycles. The molecule has 25 heavy (non-hydrogen) atoms. The summed E-state index contributed by atoms with van der Waals surface area (Å²) >= 11 is 0. The number of H-pyrrole nitrogens is 2. The summed E-state index contributed by atoms with van der Waals surface area (Å²) in [7, 11) is 0. The highest BCUT2D eigenvalue weighted by Crippen LogP contribution is 2.30. The van der Waals surface area contributed by atoms with Gasteiger partial charge in [-0.15, -0.1) is 0 Å². The molecule has 4 aromatic heterocycles. The molecule has 0 fully saturated rings. The van der Waals surface area contributed by atoms with Crippen molar-refractivity contribution in [3.63, 3.8) is 0 Å². The molecule has 12 heteroatoms. The number of fused-ring (bicyclic) bond motifs is 1. The molecule has 0 aliphatic rings. The van der Waals surface area contributed by atoms with Gasteiger partial charge in [0.15, 0.2) is 5.82 Å². The number of nitrogens with zero attached hydrogens (tertiary/aromatic N) is 6. The normalized spacial score (nSPS) is 11.9. The van der Waals surface area contributed by atoms with Gasteiger partial charge < -0.3 is 4.98 Å². The Morgan fingerprint density at radius 3 is 2.52 bits per heavy atom.